The van der Waals surface area contributed by atoms with Crippen LogP contribution in [0.4, 0.5) is 0 Å². The lowest BCUT2D eigenvalue weighted by atomic mass is 9.60. The van der Waals surface area contributed by atoms with E-state index < -0.39 is 11.9 Å². The van der Waals surface area contributed by atoms with Gasteiger partial charge in [-0.25, -0.2) is 4.89 Å². The van der Waals surface area contributed by atoms with Crippen molar-refractivity contribution in [3.05, 3.63) is 11.8 Å². The average Bonchev–Trinajstić information content (AvgIpc) is 2.54. The number of hydrogen-bond acceptors (Lipinski definition) is 4. The molecule has 0 radical (unpaired) electrons. The maximum absolute atomic E-state index is 9.74. The van der Waals surface area contributed by atoms with Gasteiger partial charge >= 0.3 is 0 Å². The molecule has 2 fully saturated rings. The minimum absolute atomic E-state index is 0.141. The molecule has 3 rings (SSSR count). The zero-order valence-electron chi connectivity index (χ0n) is 12.0. The molecule has 4 nitrogen and oxygen atoms in total. The number of rotatable bonds is 1. The first-order valence-electron chi connectivity index (χ1n) is 7.39. The standard InChI is InChI=1S/C15H24O4/c1-9-4-6-13-10(2)8-17-14-15(13,19-16)12(9)7-5-11(3)18-14/h8-9,11-14,16H,4-7H2,1-3H3/t9-,11+,12+,13+,14-,15-/m1/s1. The lowest BCUT2D eigenvalue weighted by Crippen LogP contribution is -2.62. The Balaban J connectivity index is 2.07. The normalized spacial score (nSPS) is 49.7. The second kappa shape index (κ2) is 4.76. The van der Waals surface area contributed by atoms with E-state index in [0.29, 0.717) is 5.92 Å². The van der Waals surface area contributed by atoms with Gasteiger partial charge in [-0.2, -0.15) is 0 Å². The Hall–Kier alpha value is -0.580. The van der Waals surface area contributed by atoms with Crippen LogP contribution in [0.5, 0.6) is 0 Å². The van der Waals surface area contributed by atoms with E-state index in [0.717, 1.165) is 24.8 Å². The highest BCUT2D eigenvalue weighted by molar-refractivity contribution is 5.18. The monoisotopic (exact) mass is 268 g/mol. The van der Waals surface area contributed by atoms with Crippen LogP contribution in [0.15, 0.2) is 11.8 Å². The van der Waals surface area contributed by atoms with Crippen LogP contribution in [0.2, 0.25) is 0 Å². The van der Waals surface area contributed by atoms with Gasteiger partial charge in [0.25, 0.3) is 0 Å². The first kappa shape index (κ1) is 13.4. The van der Waals surface area contributed by atoms with Crippen molar-refractivity contribution in [2.24, 2.45) is 17.8 Å². The minimum atomic E-state index is -0.721. The molecular formula is C15H24O4. The fourth-order valence-electron chi connectivity index (χ4n) is 4.36. The van der Waals surface area contributed by atoms with E-state index in [1.54, 1.807) is 6.26 Å². The van der Waals surface area contributed by atoms with Crippen LogP contribution in [0, 0.1) is 17.8 Å². The highest BCUT2D eigenvalue weighted by Gasteiger charge is 2.62. The average molecular weight is 268 g/mol. The van der Waals surface area contributed by atoms with E-state index in [1.807, 2.05) is 0 Å². The molecule has 6 atom stereocenters. The molecule has 0 bridgehead atoms. The quantitative estimate of drug-likeness (QED) is 0.585. The Morgan fingerprint density at radius 3 is 2.79 bits per heavy atom. The van der Waals surface area contributed by atoms with Crippen molar-refractivity contribution in [2.45, 2.75) is 64.4 Å². The summed E-state index contributed by atoms with van der Waals surface area (Å²) in [5.74, 6) is 1.01. The van der Waals surface area contributed by atoms with Crippen molar-refractivity contribution in [1.29, 1.82) is 0 Å². The fraction of sp³-hybridized carbons (Fsp3) is 0.867. The Bertz CT molecular complexity index is 380. The van der Waals surface area contributed by atoms with E-state index >= 15 is 0 Å². The Morgan fingerprint density at radius 2 is 2.05 bits per heavy atom. The zero-order chi connectivity index (χ0) is 13.6. The summed E-state index contributed by atoms with van der Waals surface area (Å²) >= 11 is 0. The molecule has 1 saturated carbocycles. The molecule has 108 valence electrons. The van der Waals surface area contributed by atoms with Crippen LogP contribution in [-0.4, -0.2) is 23.3 Å². The highest BCUT2D eigenvalue weighted by Crippen LogP contribution is 2.54. The predicted molar refractivity (Wildman–Crippen MR) is 70.2 cm³/mol. The topological polar surface area (TPSA) is 47.9 Å². The second-order valence-electron chi connectivity index (χ2n) is 6.51. The van der Waals surface area contributed by atoms with Crippen LogP contribution < -0.4 is 0 Å². The predicted octanol–water partition coefficient (Wildman–Crippen LogP) is 3.34. The maximum atomic E-state index is 9.74. The summed E-state index contributed by atoms with van der Waals surface area (Å²) in [6.45, 7) is 6.38. The molecule has 1 saturated heterocycles. The third-order valence-electron chi connectivity index (χ3n) is 5.42. The first-order chi connectivity index (χ1) is 9.09. The van der Waals surface area contributed by atoms with E-state index in [9.17, 15) is 5.26 Å². The number of ether oxygens (including phenoxy) is 2. The molecular weight excluding hydrogens is 244 g/mol. The fourth-order valence-corrected chi connectivity index (χ4v) is 4.36. The van der Waals surface area contributed by atoms with Gasteiger partial charge in [0.05, 0.1) is 12.4 Å². The van der Waals surface area contributed by atoms with Crippen molar-refractivity contribution < 1.29 is 19.6 Å². The van der Waals surface area contributed by atoms with Crippen LogP contribution in [-0.2, 0) is 14.4 Å². The lowest BCUT2D eigenvalue weighted by Gasteiger charge is -2.53. The molecule has 3 aliphatic rings. The van der Waals surface area contributed by atoms with Gasteiger partial charge in [0.1, 0.15) is 0 Å². The van der Waals surface area contributed by atoms with Crippen molar-refractivity contribution in [3.8, 4) is 0 Å². The van der Waals surface area contributed by atoms with E-state index in [2.05, 4.69) is 20.8 Å². The third kappa shape index (κ3) is 1.84. The van der Waals surface area contributed by atoms with Gasteiger partial charge in [-0.1, -0.05) is 6.92 Å². The first-order valence-corrected chi connectivity index (χ1v) is 7.39. The molecule has 0 amide bonds. The minimum Gasteiger partial charge on any atom is -0.469 e. The highest BCUT2D eigenvalue weighted by atomic mass is 17.1. The molecule has 0 aromatic carbocycles. The summed E-state index contributed by atoms with van der Waals surface area (Å²) in [5.41, 5.74) is 0.432. The molecule has 0 spiro atoms. The van der Waals surface area contributed by atoms with Gasteiger partial charge in [0.15, 0.2) is 5.60 Å². The largest absolute Gasteiger partial charge is 0.469 e. The summed E-state index contributed by atoms with van der Waals surface area (Å²) < 4.78 is 11.7. The van der Waals surface area contributed by atoms with Crippen molar-refractivity contribution in [1.82, 2.24) is 0 Å². The van der Waals surface area contributed by atoms with Gasteiger partial charge in [0, 0.05) is 11.8 Å². The van der Waals surface area contributed by atoms with Gasteiger partial charge in [-0.15, -0.1) is 0 Å². The molecule has 19 heavy (non-hydrogen) atoms. The van der Waals surface area contributed by atoms with E-state index in [-0.39, 0.29) is 17.9 Å². The SMILES string of the molecule is CC1=CO[C@@H]2O[C@@H](C)CC[C@H]3[C@H](C)CC[C@@H]1[C@@]23OO. The molecule has 0 aromatic rings. The van der Waals surface area contributed by atoms with Gasteiger partial charge in [0.2, 0.25) is 6.29 Å². The molecule has 2 aliphatic heterocycles. The van der Waals surface area contributed by atoms with Gasteiger partial charge in [-0.05, 0) is 51.0 Å². The van der Waals surface area contributed by atoms with Crippen LogP contribution in [0.1, 0.15) is 46.5 Å². The van der Waals surface area contributed by atoms with E-state index in [4.69, 9.17) is 14.4 Å². The van der Waals surface area contributed by atoms with Crippen LogP contribution >= 0.6 is 0 Å². The summed E-state index contributed by atoms with van der Waals surface area (Å²) in [4.78, 5) is 5.13. The molecule has 0 aromatic heterocycles. The summed E-state index contributed by atoms with van der Waals surface area (Å²) in [5, 5.41) is 9.74. The summed E-state index contributed by atoms with van der Waals surface area (Å²) in [7, 11) is 0. The van der Waals surface area contributed by atoms with Crippen LogP contribution in [0.25, 0.3) is 0 Å². The van der Waals surface area contributed by atoms with Crippen molar-refractivity contribution in [2.75, 3.05) is 0 Å². The number of hydrogen-bond donors (Lipinski definition) is 1. The summed E-state index contributed by atoms with van der Waals surface area (Å²) in [6.07, 6.45) is 5.65. The molecule has 4 heteroatoms. The lowest BCUT2D eigenvalue weighted by molar-refractivity contribution is -0.413. The Labute approximate surface area is 114 Å². The summed E-state index contributed by atoms with van der Waals surface area (Å²) in [6, 6.07) is 0. The Kier molecular flexibility index (Phi) is 3.36. The zero-order valence-corrected chi connectivity index (χ0v) is 12.0. The molecule has 0 unspecified atom stereocenters. The van der Waals surface area contributed by atoms with Crippen molar-refractivity contribution in [3.63, 3.8) is 0 Å². The molecule has 1 aliphatic carbocycles. The smallest absolute Gasteiger partial charge is 0.232 e. The van der Waals surface area contributed by atoms with E-state index in [1.165, 1.54) is 6.42 Å². The van der Waals surface area contributed by atoms with Crippen LogP contribution in [0.3, 0.4) is 0 Å². The molecule has 1 N–H and O–H groups in total. The third-order valence-corrected chi connectivity index (χ3v) is 5.42. The molecule has 2 heterocycles. The van der Waals surface area contributed by atoms with Gasteiger partial charge in [-0.3, -0.25) is 5.26 Å². The second-order valence-corrected chi connectivity index (χ2v) is 6.51. The Morgan fingerprint density at radius 1 is 1.26 bits per heavy atom. The van der Waals surface area contributed by atoms with Crippen molar-refractivity contribution >= 4 is 0 Å². The van der Waals surface area contributed by atoms with Gasteiger partial charge < -0.3 is 9.47 Å². The maximum Gasteiger partial charge on any atom is 0.232 e.